The van der Waals surface area contributed by atoms with Gasteiger partial charge < -0.3 is 16.2 Å². The van der Waals surface area contributed by atoms with Gasteiger partial charge in [-0.1, -0.05) is 0 Å². The molecule has 2 aromatic rings. The van der Waals surface area contributed by atoms with Crippen LogP contribution in [0, 0.1) is 0 Å². The van der Waals surface area contributed by atoms with Crippen LogP contribution in [0.4, 0.5) is 5.69 Å². The minimum atomic E-state index is 0.556. The van der Waals surface area contributed by atoms with Gasteiger partial charge in [0.2, 0.25) is 5.88 Å². The number of hydrogen-bond donors (Lipinski definition) is 2. The Morgan fingerprint density at radius 3 is 2.94 bits per heavy atom. The maximum Gasteiger partial charge on any atom is 0.213 e. The molecule has 0 aliphatic rings. The normalized spacial score (nSPS) is 10.6. The summed E-state index contributed by atoms with van der Waals surface area (Å²) >= 11 is 0. The molecular weight excluding hydrogens is 204 g/mol. The molecule has 0 atom stereocenters. The second kappa shape index (κ2) is 4.76. The quantitative estimate of drug-likeness (QED) is 0.746. The van der Waals surface area contributed by atoms with Gasteiger partial charge >= 0.3 is 0 Å². The molecule has 0 aliphatic carbocycles. The van der Waals surface area contributed by atoms with Gasteiger partial charge in [-0.3, -0.25) is 4.98 Å². The molecule has 5 heteroatoms. The summed E-state index contributed by atoms with van der Waals surface area (Å²) in [5.74, 6) is 0.556. The zero-order valence-electron chi connectivity index (χ0n) is 8.89. The molecule has 0 bridgehead atoms. The fraction of sp³-hybridized carbons (Fsp3) is 0.273. The number of aromatic nitrogens is 2. The van der Waals surface area contributed by atoms with E-state index in [1.54, 1.807) is 18.3 Å². The predicted octanol–water partition coefficient (Wildman–Crippen LogP) is 0.940. The maximum absolute atomic E-state index is 5.80. The van der Waals surface area contributed by atoms with Crippen molar-refractivity contribution in [3.8, 4) is 5.88 Å². The summed E-state index contributed by atoms with van der Waals surface area (Å²) in [5, 5.41) is 0. The van der Waals surface area contributed by atoms with E-state index in [-0.39, 0.29) is 0 Å². The van der Waals surface area contributed by atoms with Gasteiger partial charge in [0.15, 0.2) is 0 Å². The fourth-order valence-corrected chi connectivity index (χ4v) is 1.37. The number of rotatable bonds is 4. The van der Waals surface area contributed by atoms with Gasteiger partial charge in [-0.15, -0.1) is 0 Å². The molecule has 0 aromatic carbocycles. The van der Waals surface area contributed by atoms with Gasteiger partial charge in [0.05, 0.1) is 17.8 Å². The van der Waals surface area contributed by atoms with Gasteiger partial charge in [0.1, 0.15) is 5.52 Å². The molecule has 0 unspecified atom stereocenters. The number of pyridine rings is 2. The minimum absolute atomic E-state index is 0.556. The smallest absolute Gasteiger partial charge is 0.213 e. The van der Waals surface area contributed by atoms with Crippen molar-refractivity contribution in [2.75, 3.05) is 18.9 Å². The first-order valence-corrected chi connectivity index (χ1v) is 5.15. The van der Waals surface area contributed by atoms with Crippen LogP contribution in [0.25, 0.3) is 11.0 Å². The van der Waals surface area contributed by atoms with E-state index in [0.717, 1.165) is 11.9 Å². The number of nitrogens with two attached hydrogens (primary N) is 2. The third kappa shape index (κ3) is 2.20. The summed E-state index contributed by atoms with van der Waals surface area (Å²) in [6.45, 7) is 1.17. The Morgan fingerprint density at radius 1 is 1.25 bits per heavy atom. The molecule has 0 aliphatic heterocycles. The Hall–Kier alpha value is -1.88. The molecule has 4 N–H and O–H groups in total. The summed E-state index contributed by atoms with van der Waals surface area (Å²) in [4.78, 5) is 8.46. The number of fused-ring (bicyclic) bond motifs is 1. The van der Waals surface area contributed by atoms with Crippen molar-refractivity contribution in [3.63, 3.8) is 0 Å². The lowest BCUT2D eigenvalue weighted by Gasteiger charge is -2.06. The van der Waals surface area contributed by atoms with Crippen molar-refractivity contribution >= 4 is 16.7 Å². The van der Waals surface area contributed by atoms with Crippen LogP contribution >= 0.6 is 0 Å². The van der Waals surface area contributed by atoms with Gasteiger partial charge in [0, 0.05) is 12.3 Å². The van der Waals surface area contributed by atoms with Crippen LogP contribution < -0.4 is 16.2 Å². The molecule has 0 fully saturated rings. The van der Waals surface area contributed by atoms with Crippen LogP contribution in [-0.2, 0) is 0 Å². The zero-order valence-corrected chi connectivity index (χ0v) is 8.89. The average molecular weight is 218 g/mol. The minimum Gasteiger partial charge on any atom is -0.478 e. The largest absolute Gasteiger partial charge is 0.478 e. The second-order valence-electron chi connectivity index (χ2n) is 3.41. The zero-order chi connectivity index (χ0) is 11.4. The van der Waals surface area contributed by atoms with Crippen molar-refractivity contribution in [1.29, 1.82) is 0 Å². The Balaban J connectivity index is 2.25. The Bertz CT molecular complexity index is 486. The Kier molecular flexibility index (Phi) is 3.16. The standard InChI is InChI=1S/C11H14N4O/c12-5-1-7-16-10-3-2-9-11(15-10)8(13)4-6-14-9/h2-4,6H,1,5,7,12H2,(H2,13,14). The van der Waals surface area contributed by atoms with Gasteiger partial charge in [-0.2, -0.15) is 0 Å². The molecule has 0 saturated heterocycles. The van der Waals surface area contributed by atoms with Crippen molar-refractivity contribution in [2.45, 2.75) is 6.42 Å². The topological polar surface area (TPSA) is 87.0 Å². The van der Waals surface area contributed by atoms with E-state index in [1.807, 2.05) is 6.07 Å². The summed E-state index contributed by atoms with van der Waals surface area (Å²) < 4.78 is 5.44. The third-order valence-corrected chi connectivity index (χ3v) is 2.19. The number of nitrogens with zero attached hydrogens (tertiary/aromatic N) is 2. The molecule has 5 nitrogen and oxygen atoms in total. The molecular formula is C11H14N4O. The lowest BCUT2D eigenvalue weighted by molar-refractivity contribution is 0.302. The molecule has 0 amide bonds. The highest BCUT2D eigenvalue weighted by Gasteiger charge is 2.02. The maximum atomic E-state index is 5.80. The fourth-order valence-electron chi connectivity index (χ4n) is 1.37. The van der Waals surface area contributed by atoms with Crippen LogP contribution in [0.15, 0.2) is 24.4 Å². The van der Waals surface area contributed by atoms with E-state index < -0.39 is 0 Å². The third-order valence-electron chi connectivity index (χ3n) is 2.19. The first-order valence-electron chi connectivity index (χ1n) is 5.15. The number of hydrogen-bond acceptors (Lipinski definition) is 5. The highest BCUT2D eigenvalue weighted by Crippen LogP contribution is 2.19. The van der Waals surface area contributed by atoms with Crippen LogP contribution in [0.2, 0.25) is 0 Å². The average Bonchev–Trinajstić information content (AvgIpc) is 2.30. The summed E-state index contributed by atoms with van der Waals surface area (Å²) in [6, 6.07) is 5.35. The van der Waals surface area contributed by atoms with E-state index in [1.165, 1.54) is 0 Å². The van der Waals surface area contributed by atoms with Gasteiger partial charge in [0.25, 0.3) is 0 Å². The first-order chi connectivity index (χ1) is 7.81. The highest BCUT2D eigenvalue weighted by molar-refractivity contribution is 5.86. The second-order valence-corrected chi connectivity index (χ2v) is 3.41. The van der Waals surface area contributed by atoms with Crippen molar-refractivity contribution in [2.24, 2.45) is 5.73 Å². The molecule has 16 heavy (non-hydrogen) atoms. The van der Waals surface area contributed by atoms with Crippen molar-refractivity contribution in [3.05, 3.63) is 24.4 Å². The summed E-state index contributed by atoms with van der Waals surface area (Å²) in [5.41, 5.74) is 13.2. The van der Waals surface area contributed by atoms with Crippen molar-refractivity contribution in [1.82, 2.24) is 9.97 Å². The number of anilines is 1. The van der Waals surface area contributed by atoms with Crippen LogP contribution in [0.5, 0.6) is 5.88 Å². The Morgan fingerprint density at radius 2 is 2.12 bits per heavy atom. The molecule has 2 heterocycles. The van der Waals surface area contributed by atoms with Gasteiger partial charge in [-0.25, -0.2) is 4.98 Å². The Labute approximate surface area is 93.4 Å². The van der Waals surface area contributed by atoms with E-state index in [2.05, 4.69) is 9.97 Å². The van der Waals surface area contributed by atoms with Gasteiger partial charge in [-0.05, 0) is 25.1 Å². The summed E-state index contributed by atoms with van der Waals surface area (Å²) in [6.07, 6.45) is 2.47. The lowest BCUT2D eigenvalue weighted by Crippen LogP contribution is -2.07. The SMILES string of the molecule is NCCCOc1ccc2nccc(N)c2n1. The summed E-state index contributed by atoms with van der Waals surface area (Å²) in [7, 11) is 0. The first kappa shape index (κ1) is 10.6. The molecule has 2 rings (SSSR count). The monoisotopic (exact) mass is 218 g/mol. The molecule has 2 aromatic heterocycles. The highest BCUT2D eigenvalue weighted by atomic mass is 16.5. The number of ether oxygens (including phenoxy) is 1. The van der Waals surface area contributed by atoms with E-state index >= 15 is 0 Å². The van der Waals surface area contributed by atoms with Crippen molar-refractivity contribution < 1.29 is 4.74 Å². The van der Waals surface area contributed by atoms with Crippen LogP contribution in [-0.4, -0.2) is 23.1 Å². The molecule has 0 spiro atoms. The van der Waals surface area contributed by atoms with E-state index in [0.29, 0.717) is 30.2 Å². The van der Waals surface area contributed by atoms with E-state index in [4.69, 9.17) is 16.2 Å². The number of nitrogen functional groups attached to an aromatic ring is 1. The molecule has 84 valence electrons. The molecule has 0 radical (unpaired) electrons. The predicted molar refractivity (Wildman–Crippen MR) is 63.1 cm³/mol. The van der Waals surface area contributed by atoms with E-state index in [9.17, 15) is 0 Å². The lowest BCUT2D eigenvalue weighted by atomic mass is 10.3. The molecule has 0 saturated carbocycles. The van der Waals surface area contributed by atoms with Crippen LogP contribution in [0.1, 0.15) is 6.42 Å². The van der Waals surface area contributed by atoms with Crippen LogP contribution in [0.3, 0.4) is 0 Å².